The van der Waals surface area contributed by atoms with E-state index in [-0.39, 0.29) is 0 Å². The molecule has 2 heteroatoms. The molecule has 2 aromatic heterocycles. The number of fused-ring (bicyclic) bond motifs is 13. The third-order valence-electron chi connectivity index (χ3n) is 12.6. The first kappa shape index (κ1) is 33.1. The molecule has 0 amide bonds. The monoisotopic (exact) mass is 762 g/mol. The quantitative estimate of drug-likeness (QED) is 0.167. The van der Waals surface area contributed by atoms with E-state index in [2.05, 4.69) is 188 Å². The Kier molecular flexibility index (Phi) is 7.05. The van der Waals surface area contributed by atoms with E-state index in [1.807, 2.05) is 18.2 Å². The second-order valence-electron chi connectivity index (χ2n) is 16.0. The summed E-state index contributed by atoms with van der Waals surface area (Å²) < 4.78 is 12.6. The van der Waals surface area contributed by atoms with Gasteiger partial charge in [0.05, 0.1) is 0 Å². The fourth-order valence-electron chi connectivity index (χ4n) is 9.62. The molecule has 60 heavy (non-hydrogen) atoms. The number of para-hydroxylation sites is 1. The molecule has 0 aliphatic rings. The van der Waals surface area contributed by atoms with E-state index in [1.165, 1.54) is 76.5 Å². The van der Waals surface area contributed by atoms with Crippen LogP contribution in [0.4, 0.5) is 0 Å². The smallest absolute Gasteiger partial charge is 0.136 e. The van der Waals surface area contributed by atoms with E-state index < -0.39 is 0 Å². The summed E-state index contributed by atoms with van der Waals surface area (Å²) in [6.07, 6.45) is 0. The van der Waals surface area contributed by atoms with Gasteiger partial charge >= 0.3 is 0 Å². The predicted octanol–water partition coefficient (Wildman–Crippen LogP) is 16.8. The van der Waals surface area contributed by atoms with Crippen molar-refractivity contribution in [3.05, 3.63) is 206 Å². The van der Waals surface area contributed by atoms with Gasteiger partial charge in [-0.3, -0.25) is 0 Å². The second kappa shape index (κ2) is 12.8. The van der Waals surface area contributed by atoms with Crippen LogP contribution in [0.3, 0.4) is 0 Å². The van der Waals surface area contributed by atoms with Crippen molar-refractivity contribution < 1.29 is 8.83 Å². The van der Waals surface area contributed by atoms with Crippen LogP contribution in [0.5, 0.6) is 0 Å². The van der Waals surface area contributed by atoms with Crippen molar-refractivity contribution in [3.8, 4) is 44.5 Å². The normalized spacial score (nSPS) is 12.0. The van der Waals surface area contributed by atoms with Gasteiger partial charge in [0, 0.05) is 21.5 Å². The molecule has 0 fully saturated rings. The van der Waals surface area contributed by atoms with Crippen LogP contribution in [-0.2, 0) is 0 Å². The number of hydrogen-bond donors (Lipinski definition) is 0. The zero-order valence-electron chi connectivity index (χ0n) is 32.4. The highest BCUT2D eigenvalue weighted by Gasteiger charge is 2.16. The van der Waals surface area contributed by atoms with Gasteiger partial charge in [0.25, 0.3) is 0 Å². The van der Waals surface area contributed by atoms with E-state index >= 15 is 0 Å². The Labute approximate surface area is 345 Å². The zero-order chi connectivity index (χ0) is 39.3. The number of hydrogen-bond acceptors (Lipinski definition) is 2. The molecule has 11 aromatic carbocycles. The van der Waals surface area contributed by atoms with Crippen LogP contribution in [0, 0.1) is 0 Å². The van der Waals surface area contributed by atoms with E-state index in [9.17, 15) is 0 Å². The first-order valence-corrected chi connectivity index (χ1v) is 20.5. The van der Waals surface area contributed by atoms with E-state index in [0.717, 1.165) is 55.0 Å². The van der Waals surface area contributed by atoms with E-state index in [1.54, 1.807) is 0 Å². The molecule has 13 rings (SSSR count). The lowest BCUT2D eigenvalue weighted by Gasteiger charge is -2.14. The third-order valence-corrected chi connectivity index (χ3v) is 12.6. The average Bonchev–Trinajstić information content (AvgIpc) is 3.87. The maximum absolute atomic E-state index is 6.38. The van der Waals surface area contributed by atoms with Gasteiger partial charge in [-0.15, -0.1) is 0 Å². The summed E-state index contributed by atoms with van der Waals surface area (Å²) in [6.45, 7) is 0. The van der Waals surface area contributed by atoms with Crippen LogP contribution in [-0.4, -0.2) is 0 Å². The SMILES string of the molecule is c1cc(-c2cccc(-c3ccc4c5ccc(-c6ccc7ccccc7c6)cc5c5ccccc5c4c3)c2)cc(-c2ccc3oc4cc5c(cc4c3c2)oc2ccccc25)c1. The highest BCUT2D eigenvalue weighted by molar-refractivity contribution is 6.26. The molecule has 0 radical (unpaired) electrons. The predicted molar refractivity (Wildman–Crippen MR) is 253 cm³/mol. The van der Waals surface area contributed by atoms with Crippen molar-refractivity contribution in [1.29, 1.82) is 0 Å². The van der Waals surface area contributed by atoms with E-state index in [0.29, 0.717) is 0 Å². The van der Waals surface area contributed by atoms with Crippen molar-refractivity contribution in [2.24, 2.45) is 0 Å². The Balaban J connectivity index is 0.872. The fraction of sp³-hybridized carbons (Fsp3) is 0. The van der Waals surface area contributed by atoms with Gasteiger partial charge in [0.1, 0.15) is 22.3 Å². The van der Waals surface area contributed by atoms with Crippen LogP contribution < -0.4 is 0 Å². The lowest BCUT2D eigenvalue weighted by atomic mass is 9.89. The Morgan fingerprint density at radius 1 is 0.183 bits per heavy atom. The average molecular weight is 763 g/mol. The molecule has 0 atom stereocenters. The molecule has 2 nitrogen and oxygen atoms in total. The minimum atomic E-state index is 0.868. The first-order chi connectivity index (χ1) is 29.7. The molecule has 0 N–H and O–H groups in total. The van der Waals surface area contributed by atoms with Crippen molar-refractivity contribution >= 4 is 87.0 Å². The lowest BCUT2D eigenvalue weighted by Crippen LogP contribution is -1.87. The summed E-state index contributed by atoms with van der Waals surface area (Å²) in [6, 6.07) is 74.9. The topological polar surface area (TPSA) is 26.3 Å². The minimum Gasteiger partial charge on any atom is -0.456 e. The van der Waals surface area contributed by atoms with Crippen molar-refractivity contribution in [1.82, 2.24) is 0 Å². The molecule has 13 aromatic rings. The Morgan fingerprint density at radius 2 is 0.583 bits per heavy atom. The maximum Gasteiger partial charge on any atom is 0.136 e. The van der Waals surface area contributed by atoms with Crippen molar-refractivity contribution in [2.75, 3.05) is 0 Å². The van der Waals surface area contributed by atoms with Gasteiger partial charge < -0.3 is 8.83 Å². The molecule has 0 unspecified atom stereocenters. The van der Waals surface area contributed by atoms with Gasteiger partial charge in [-0.1, -0.05) is 146 Å². The van der Waals surface area contributed by atoms with Crippen LogP contribution in [0.2, 0.25) is 0 Å². The summed E-state index contributed by atoms with van der Waals surface area (Å²) in [5, 5.41) is 14.5. The Hall–Kier alpha value is -7.94. The van der Waals surface area contributed by atoms with Crippen LogP contribution in [0.25, 0.3) is 131 Å². The van der Waals surface area contributed by atoms with Crippen LogP contribution >= 0.6 is 0 Å². The number of rotatable bonds is 4. The summed E-state index contributed by atoms with van der Waals surface area (Å²) in [5.74, 6) is 0. The summed E-state index contributed by atoms with van der Waals surface area (Å²) in [7, 11) is 0. The molecular formula is C58H34O2. The molecular weight excluding hydrogens is 729 g/mol. The maximum atomic E-state index is 6.38. The highest BCUT2D eigenvalue weighted by Crippen LogP contribution is 2.41. The number of furan rings is 2. The molecule has 0 spiro atoms. The molecule has 0 saturated carbocycles. The molecule has 0 saturated heterocycles. The molecule has 0 aliphatic heterocycles. The lowest BCUT2D eigenvalue weighted by molar-refractivity contribution is 0.664. The molecule has 278 valence electrons. The standard InChI is InChI=1S/C58H34O2/c1-2-10-36-27-41(20-19-35(36)9-1)43-22-25-48-47-24-21-42(30-50(47)45-15-3-4-16-46(45)51(48)31-43)39-13-7-11-37(28-39)38-12-8-14-40(29-38)44-23-26-56-52(32-44)54-34-57-53(33-58(54)60-56)49-17-5-6-18-55(49)59-57/h1-34H. The zero-order valence-corrected chi connectivity index (χ0v) is 32.4. The van der Waals surface area contributed by atoms with Crippen molar-refractivity contribution in [2.45, 2.75) is 0 Å². The molecule has 2 heterocycles. The first-order valence-electron chi connectivity index (χ1n) is 20.5. The third kappa shape index (κ3) is 5.14. The minimum absolute atomic E-state index is 0.868. The van der Waals surface area contributed by atoms with Gasteiger partial charge in [-0.05, 0) is 148 Å². The van der Waals surface area contributed by atoms with Crippen LogP contribution in [0.15, 0.2) is 215 Å². The fourth-order valence-corrected chi connectivity index (χ4v) is 9.62. The van der Waals surface area contributed by atoms with Gasteiger partial charge in [0.2, 0.25) is 0 Å². The largest absolute Gasteiger partial charge is 0.456 e. The molecule has 0 bridgehead atoms. The van der Waals surface area contributed by atoms with Gasteiger partial charge in [0.15, 0.2) is 0 Å². The highest BCUT2D eigenvalue weighted by atomic mass is 16.3. The van der Waals surface area contributed by atoms with Gasteiger partial charge in [-0.2, -0.15) is 0 Å². The number of benzene rings is 11. The second-order valence-corrected chi connectivity index (χ2v) is 16.0. The van der Waals surface area contributed by atoms with E-state index in [4.69, 9.17) is 8.83 Å². The Morgan fingerprint density at radius 3 is 1.20 bits per heavy atom. The van der Waals surface area contributed by atoms with Crippen LogP contribution in [0.1, 0.15) is 0 Å². The van der Waals surface area contributed by atoms with Crippen molar-refractivity contribution in [3.63, 3.8) is 0 Å². The summed E-state index contributed by atoms with van der Waals surface area (Å²) in [5.41, 5.74) is 13.0. The summed E-state index contributed by atoms with van der Waals surface area (Å²) in [4.78, 5) is 0. The Bertz CT molecular complexity index is 3880. The molecule has 0 aliphatic carbocycles. The summed E-state index contributed by atoms with van der Waals surface area (Å²) >= 11 is 0. The van der Waals surface area contributed by atoms with Gasteiger partial charge in [-0.25, -0.2) is 0 Å².